The number of methoxy groups -OCH3 is 2. The van der Waals surface area contributed by atoms with Crippen LogP contribution in [0.5, 0.6) is 11.5 Å². The second-order valence-corrected chi connectivity index (χ2v) is 7.85. The number of ether oxygens (including phenoxy) is 2. The maximum absolute atomic E-state index is 14.6. The first-order valence-electron chi connectivity index (χ1n) is 10.7. The molecular formula is C23H19F4N5O6. The van der Waals surface area contributed by atoms with Crippen molar-refractivity contribution in [3.8, 4) is 11.5 Å². The highest BCUT2D eigenvalue weighted by atomic mass is 19.4. The molecule has 11 nitrogen and oxygen atoms in total. The van der Waals surface area contributed by atoms with Crippen LogP contribution in [-0.2, 0) is 4.79 Å². The summed E-state index contributed by atoms with van der Waals surface area (Å²) in [6, 6.07) is 5.92. The number of fused-ring (bicyclic) bond motifs is 1. The van der Waals surface area contributed by atoms with Crippen molar-refractivity contribution < 1.29 is 41.1 Å². The maximum atomic E-state index is 14.6. The number of hydrogen-bond donors (Lipinski definition) is 2. The number of halogens is 4. The number of hydrogen-bond acceptors (Lipinski definition) is 10. The molecule has 0 bridgehead atoms. The van der Waals surface area contributed by atoms with Crippen LogP contribution in [0.1, 0.15) is 11.1 Å². The Hall–Kier alpha value is -4.82. The van der Waals surface area contributed by atoms with E-state index in [4.69, 9.17) is 13.9 Å². The third-order valence-electron chi connectivity index (χ3n) is 5.16. The van der Waals surface area contributed by atoms with Gasteiger partial charge in [-0.15, -0.1) is 0 Å². The first kappa shape index (κ1) is 26.2. The Bertz CT molecular complexity index is 1600. The summed E-state index contributed by atoms with van der Waals surface area (Å²) < 4.78 is 68.1. The Morgan fingerprint density at radius 2 is 1.71 bits per heavy atom. The molecule has 0 radical (unpaired) electrons. The quantitative estimate of drug-likeness (QED) is 0.332. The van der Waals surface area contributed by atoms with Gasteiger partial charge < -0.3 is 29.4 Å². The minimum atomic E-state index is -5.35. The largest absolute Gasteiger partial charge is 0.493 e. The van der Waals surface area contributed by atoms with Crippen molar-refractivity contribution in [1.29, 1.82) is 0 Å². The first-order chi connectivity index (χ1) is 17.9. The summed E-state index contributed by atoms with van der Waals surface area (Å²) in [5.74, 6) is -4.17. The molecule has 0 saturated carbocycles. The molecule has 2 N–H and O–H groups in total. The Morgan fingerprint density at radius 1 is 1.03 bits per heavy atom. The van der Waals surface area contributed by atoms with Gasteiger partial charge in [0, 0.05) is 17.4 Å². The van der Waals surface area contributed by atoms with E-state index in [-0.39, 0.29) is 38.8 Å². The molecule has 4 rings (SSSR count). The third kappa shape index (κ3) is 5.16. The predicted octanol–water partition coefficient (Wildman–Crippen LogP) is 4.16. The molecular weight excluding hydrogens is 518 g/mol. The minimum Gasteiger partial charge on any atom is -0.493 e. The Labute approximate surface area is 210 Å². The van der Waals surface area contributed by atoms with E-state index in [0.717, 1.165) is 17.8 Å². The highest BCUT2D eigenvalue weighted by molar-refractivity contribution is 5.83. The zero-order valence-corrected chi connectivity index (χ0v) is 20.2. The number of aryl methyl sites for hydroxylation is 2. The van der Waals surface area contributed by atoms with Crippen molar-refractivity contribution in [3.05, 3.63) is 58.0 Å². The van der Waals surface area contributed by atoms with Crippen LogP contribution in [0, 0.1) is 19.7 Å². The first-order valence-corrected chi connectivity index (χ1v) is 10.7. The molecule has 38 heavy (non-hydrogen) atoms. The van der Waals surface area contributed by atoms with Crippen molar-refractivity contribution >= 4 is 40.2 Å². The number of oxazole rings is 1. The molecule has 0 aliphatic carbocycles. The number of aromatic nitrogens is 3. The molecule has 0 unspecified atom stereocenters. The van der Waals surface area contributed by atoms with Gasteiger partial charge >= 0.3 is 17.9 Å². The summed E-state index contributed by atoms with van der Waals surface area (Å²) in [6.45, 7) is 3.28. The predicted molar refractivity (Wildman–Crippen MR) is 126 cm³/mol. The molecule has 0 atom stereocenters. The summed E-state index contributed by atoms with van der Waals surface area (Å²) in [4.78, 5) is 35.5. The minimum absolute atomic E-state index is 0.00218. The summed E-state index contributed by atoms with van der Waals surface area (Å²) in [6.07, 6.45) is -4.45. The second kappa shape index (κ2) is 9.91. The van der Waals surface area contributed by atoms with Crippen LogP contribution in [0.15, 0.2) is 39.7 Å². The number of rotatable bonds is 7. The highest BCUT2D eigenvalue weighted by Crippen LogP contribution is 2.35. The van der Waals surface area contributed by atoms with Gasteiger partial charge in [0.25, 0.3) is 0 Å². The lowest BCUT2D eigenvalue weighted by molar-refractivity contribution is -0.200. The number of benzene rings is 2. The van der Waals surface area contributed by atoms with Gasteiger partial charge in [0.1, 0.15) is 5.52 Å². The molecule has 4 aromatic rings. The van der Waals surface area contributed by atoms with Gasteiger partial charge in [-0.2, -0.15) is 18.2 Å². The van der Waals surface area contributed by atoms with E-state index in [1.165, 1.54) is 27.2 Å². The zero-order valence-electron chi connectivity index (χ0n) is 20.2. The summed E-state index contributed by atoms with van der Waals surface area (Å²) in [5.41, 5.74) is 1.20. The number of nitrogens with zero attached hydrogens (tertiary/aromatic N) is 3. The van der Waals surface area contributed by atoms with Gasteiger partial charge in [0.15, 0.2) is 28.7 Å². The normalized spacial score (nSPS) is 11.4. The Morgan fingerprint density at radius 3 is 2.37 bits per heavy atom. The van der Waals surface area contributed by atoms with E-state index in [2.05, 4.69) is 25.4 Å². The van der Waals surface area contributed by atoms with Gasteiger partial charge in [0.2, 0.25) is 5.95 Å². The SMILES string of the molecule is COc1cc(Nc2ncc(F)c(Nc3cc(C)c4oc(=O)n(OC(=O)C(F)(F)F)c4c3)n2)cc(C)c1OC. The summed E-state index contributed by atoms with van der Waals surface area (Å²) in [5, 5.41) is 5.60. The van der Waals surface area contributed by atoms with Crippen LogP contribution < -0.4 is 30.7 Å². The van der Waals surface area contributed by atoms with Crippen molar-refractivity contribution in [2.75, 3.05) is 24.9 Å². The van der Waals surface area contributed by atoms with Crippen LogP contribution >= 0.6 is 0 Å². The van der Waals surface area contributed by atoms with E-state index in [1.807, 2.05) is 0 Å². The van der Waals surface area contributed by atoms with E-state index in [1.54, 1.807) is 19.1 Å². The molecule has 0 spiro atoms. The van der Waals surface area contributed by atoms with Gasteiger partial charge in [-0.3, -0.25) is 0 Å². The van der Waals surface area contributed by atoms with Crippen LogP contribution in [0.2, 0.25) is 0 Å². The van der Waals surface area contributed by atoms with Gasteiger partial charge in [-0.1, -0.05) is 4.73 Å². The Balaban J connectivity index is 1.66. The molecule has 15 heteroatoms. The number of carbonyl (C=O) groups is 1. The van der Waals surface area contributed by atoms with Crippen LogP contribution in [0.3, 0.4) is 0 Å². The van der Waals surface area contributed by atoms with Crippen LogP contribution in [0.25, 0.3) is 11.1 Å². The topological polar surface area (TPSA) is 130 Å². The standard InChI is InChI=1S/C23H19F4N5O6/c1-10-5-12(7-15-17(10)37-22(34)32(15)38-20(33)23(25,26)27)29-19-14(24)9-28-21(31-19)30-13-6-11(2)18(36-4)16(8-13)35-3/h5-9H,1-4H3,(H2,28,29,30,31). The molecule has 2 aromatic heterocycles. The van der Waals surface area contributed by atoms with Crippen LogP contribution in [0.4, 0.5) is 40.7 Å². The molecule has 0 aliphatic rings. The van der Waals surface area contributed by atoms with Crippen molar-refractivity contribution in [1.82, 2.24) is 14.7 Å². The smallest absolute Gasteiger partial charge is 0.493 e. The number of nitrogens with one attached hydrogen (secondary N) is 2. The number of anilines is 4. The lowest BCUT2D eigenvalue weighted by atomic mass is 10.2. The third-order valence-corrected chi connectivity index (χ3v) is 5.16. The lowest BCUT2D eigenvalue weighted by Crippen LogP contribution is -2.36. The molecule has 0 fully saturated rings. The molecule has 2 aromatic carbocycles. The monoisotopic (exact) mass is 537 g/mol. The fourth-order valence-corrected chi connectivity index (χ4v) is 3.57. The van der Waals surface area contributed by atoms with Crippen molar-refractivity contribution in [2.24, 2.45) is 0 Å². The maximum Gasteiger partial charge on any atom is 0.493 e. The number of alkyl halides is 3. The van der Waals surface area contributed by atoms with Gasteiger partial charge in [-0.25, -0.2) is 19.0 Å². The number of carbonyl (C=O) groups excluding carboxylic acids is 1. The molecule has 0 amide bonds. The molecule has 2 heterocycles. The molecule has 200 valence electrons. The summed E-state index contributed by atoms with van der Waals surface area (Å²) >= 11 is 0. The highest BCUT2D eigenvalue weighted by Gasteiger charge is 2.42. The van der Waals surface area contributed by atoms with Crippen LogP contribution in [-0.4, -0.2) is 41.1 Å². The fraction of sp³-hybridized carbons (Fsp3) is 0.217. The van der Waals surface area contributed by atoms with E-state index >= 15 is 0 Å². The van der Waals surface area contributed by atoms with Crippen molar-refractivity contribution in [2.45, 2.75) is 20.0 Å². The van der Waals surface area contributed by atoms with E-state index < -0.39 is 23.7 Å². The average molecular weight is 537 g/mol. The van der Waals surface area contributed by atoms with E-state index in [0.29, 0.717) is 17.2 Å². The van der Waals surface area contributed by atoms with Gasteiger partial charge in [-0.05, 0) is 43.2 Å². The second-order valence-electron chi connectivity index (χ2n) is 7.85. The fourth-order valence-electron chi connectivity index (χ4n) is 3.57. The molecule has 0 saturated heterocycles. The zero-order chi connectivity index (χ0) is 27.8. The van der Waals surface area contributed by atoms with Gasteiger partial charge in [0.05, 0.1) is 20.4 Å². The lowest BCUT2D eigenvalue weighted by Gasteiger charge is -2.14. The van der Waals surface area contributed by atoms with Crippen molar-refractivity contribution in [3.63, 3.8) is 0 Å². The Kier molecular flexibility index (Phi) is 6.85. The average Bonchev–Trinajstić information content (AvgIpc) is 3.15. The van der Waals surface area contributed by atoms with E-state index in [9.17, 15) is 27.2 Å². The molecule has 0 aliphatic heterocycles. The summed E-state index contributed by atoms with van der Waals surface area (Å²) in [7, 11) is 2.97.